The quantitative estimate of drug-likeness (QED) is 0.387. The smallest absolute Gasteiger partial charge is 0.176 e. The van der Waals surface area contributed by atoms with Gasteiger partial charge in [0.15, 0.2) is 10.2 Å². The summed E-state index contributed by atoms with van der Waals surface area (Å²) in [4.78, 5) is 0. The van der Waals surface area contributed by atoms with Gasteiger partial charge in [-0.15, -0.1) is 11.6 Å². The van der Waals surface area contributed by atoms with Crippen molar-refractivity contribution in [3.8, 4) is 0 Å². The zero-order valence-electron chi connectivity index (χ0n) is 5.04. The summed E-state index contributed by atoms with van der Waals surface area (Å²) in [6.07, 6.45) is 0.180. The molecule has 0 unspecified atom stereocenters. The summed E-state index contributed by atoms with van der Waals surface area (Å²) < 4.78 is 23.0. The summed E-state index contributed by atoms with van der Waals surface area (Å²) in [5, 5.41) is 6.30. The van der Waals surface area contributed by atoms with E-state index >= 15 is 0 Å². The van der Waals surface area contributed by atoms with Crippen molar-refractivity contribution in [1.29, 1.82) is 0 Å². The second-order valence-electron chi connectivity index (χ2n) is 1.50. The summed E-state index contributed by atoms with van der Waals surface area (Å²) in [5.74, 6) is 0.0650. The average molecular weight is 185 g/mol. The lowest BCUT2D eigenvalue weighted by Crippen LogP contribution is -2.13. The van der Waals surface area contributed by atoms with Crippen LogP contribution in [0, 0.1) is 0 Å². The number of nitrogens with zero attached hydrogens (tertiary/aromatic N) is 1. The molecule has 0 spiro atoms. The van der Waals surface area contributed by atoms with Crippen molar-refractivity contribution in [3.63, 3.8) is 0 Å². The van der Waals surface area contributed by atoms with Gasteiger partial charge in [0.25, 0.3) is 0 Å². The van der Waals surface area contributed by atoms with Crippen LogP contribution in [-0.2, 0) is 10.2 Å². The van der Waals surface area contributed by atoms with Crippen LogP contribution in [0.3, 0.4) is 0 Å². The van der Waals surface area contributed by atoms with E-state index in [4.69, 9.17) is 22.5 Å². The van der Waals surface area contributed by atoms with E-state index in [0.29, 0.717) is 0 Å². The maximum absolute atomic E-state index is 10.1. The highest BCUT2D eigenvalue weighted by molar-refractivity contribution is 7.91. The van der Waals surface area contributed by atoms with E-state index in [-0.39, 0.29) is 18.1 Å². The Morgan fingerprint density at radius 3 is 2.50 bits per heavy atom. The second kappa shape index (κ2) is 3.75. The number of nitrogens with two attached hydrogens (primary N) is 1. The monoisotopic (exact) mass is 184 g/mol. The SMILES string of the molecule is [NH-]S(=O)(=O)N=C(N)CCCl. The largest absolute Gasteiger partial charge is 0.544 e. The Labute approximate surface area is 64.2 Å². The number of rotatable bonds is 3. The van der Waals surface area contributed by atoms with Gasteiger partial charge in [0, 0.05) is 12.3 Å². The van der Waals surface area contributed by atoms with Crippen LogP contribution < -0.4 is 5.73 Å². The van der Waals surface area contributed by atoms with Crippen molar-refractivity contribution in [1.82, 2.24) is 0 Å². The van der Waals surface area contributed by atoms with Gasteiger partial charge in [-0.25, -0.2) is 8.42 Å². The number of amidine groups is 1. The molecule has 7 heteroatoms. The first-order chi connectivity index (χ1) is 4.45. The van der Waals surface area contributed by atoms with Gasteiger partial charge in [-0.1, -0.05) is 0 Å². The Morgan fingerprint density at radius 1 is 1.70 bits per heavy atom. The normalized spacial score (nSPS) is 13.6. The molecule has 0 atom stereocenters. The molecule has 0 aliphatic carbocycles. The first-order valence-electron chi connectivity index (χ1n) is 2.35. The molecule has 60 valence electrons. The molecule has 0 aromatic carbocycles. The highest BCUT2D eigenvalue weighted by Crippen LogP contribution is 1.92. The standard InChI is InChI=1S/C3H7ClN3O2S/c4-2-1-3(5)7-10(6,8)9/h1-2H2,(H3-,5,6,7,8,9)/q-1. The van der Waals surface area contributed by atoms with Crippen molar-refractivity contribution in [2.24, 2.45) is 10.1 Å². The first-order valence-corrected chi connectivity index (χ1v) is 4.33. The van der Waals surface area contributed by atoms with Gasteiger partial charge in [0.1, 0.15) is 5.84 Å². The summed E-state index contributed by atoms with van der Waals surface area (Å²) >= 11 is 5.21. The minimum Gasteiger partial charge on any atom is -0.544 e. The number of nitrogens with one attached hydrogen (secondary N) is 1. The second-order valence-corrected chi connectivity index (χ2v) is 3.01. The fraction of sp³-hybridized carbons (Fsp3) is 0.667. The predicted octanol–water partition coefficient (Wildman–Crippen LogP) is 0.270. The molecule has 0 rings (SSSR count). The van der Waals surface area contributed by atoms with E-state index in [1.807, 2.05) is 0 Å². The van der Waals surface area contributed by atoms with Gasteiger partial charge in [0.2, 0.25) is 0 Å². The van der Waals surface area contributed by atoms with E-state index in [2.05, 4.69) is 4.40 Å². The van der Waals surface area contributed by atoms with Crippen molar-refractivity contribution in [3.05, 3.63) is 5.14 Å². The van der Waals surface area contributed by atoms with Crippen molar-refractivity contribution in [2.45, 2.75) is 6.42 Å². The van der Waals surface area contributed by atoms with Crippen LogP contribution in [0.1, 0.15) is 6.42 Å². The van der Waals surface area contributed by atoms with Crippen molar-refractivity contribution < 1.29 is 8.42 Å². The molecule has 0 saturated carbocycles. The lowest BCUT2D eigenvalue weighted by atomic mass is 10.5. The fourth-order valence-corrected chi connectivity index (χ4v) is 0.890. The van der Waals surface area contributed by atoms with E-state index in [1.54, 1.807) is 0 Å². The van der Waals surface area contributed by atoms with Crippen molar-refractivity contribution >= 4 is 27.6 Å². The maximum atomic E-state index is 10.1. The Hall–Kier alpha value is -0.330. The predicted molar refractivity (Wildman–Crippen MR) is 40.2 cm³/mol. The molecular weight excluding hydrogens is 178 g/mol. The van der Waals surface area contributed by atoms with Gasteiger partial charge in [-0.3, -0.25) is 0 Å². The van der Waals surface area contributed by atoms with Gasteiger partial charge in [-0.05, 0) is 0 Å². The zero-order chi connectivity index (χ0) is 8.20. The third-order valence-corrected chi connectivity index (χ3v) is 1.25. The molecule has 0 fully saturated rings. The molecule has 0 heterocycles. The minimum atomic E-state index is -4.09. The van der Waals surface area contributed by atoms with E-state index in [9.17, 15) is 8.42 Å². The van der Waals surface area contributed by atoms with Crippen LogP contribution in [0.25, 0.3) is 5.14 Å². The van der Waals surface area contributed by atoms with Crippen LogP contribution in [0.4, 0.5) is 0 Å². The van der Waals surface area contributed by atoms with E-state index in [1.165, 1.54) is 0 Å². The van der Waals surface area contributed by atoms with Gasteiger partial charge < -0.3 is 10.9 Å². The highest BCUT2D eigenvalue weighted by Gasteiger charge is 1.92. The van der Waals surface area contributed by atoms with Crippen LogP contribution >= 0.6 is 11.6 Å². The number of hydrogen-bond acceptors (Lipinski definition) is 2. The summed E-state index contributed by atoms with van der Waals surface area (Å²) in [6.45, 7) is 0. The lowest BCUT2D eigenvalue weighted by molar-refractivity contribution is 0.606. The Balaban J connectivity index is 4.18. The molecule has 0 aliphatic rings. The maximum Gasteiger partial charge on any atom is 0.176 e. The first kappa shape index (κ1) is 9.67. The zero-order valence-corrected chi connectivity index (χ0v) is 6.61. The van der Waals surface area contributed by atoms with E-state index in [0.717, 1.165) is 0 Å². The molecule has 10 heavy (non-hydrogen) atoms. The number of halogens is 1. The molecule has 0 saturated heterocycles. The van der Waals surface area contributed by atoms with Crippen LogP contribution in [0.15, 0.2) is 4.40 Å². The molecule has 3 N–H and O–H groups in total. The molecule has 0 radical (unpaired) electrons. The Kier molecular flexibility index (Phi) is 3.62. The van der Waals surface area contributed by atoms with Crippen molar-refractivity contribution in [2.75, 3.05) is 5.88 Å². The molecule has 0 amide bonds. The third-order valence-electron chi connectivity index (χ3n) is 0.588. The number of hydrogen-bond donors (Lipinski definition) is 1. The van der Waals surface area contributed by atoms with Gasteiger partial charge in [0.05, 0.1) is 0 Å². The molecule has 0 bridgehead atoms. The minimum absolute atomic E-state index is 0.134. The van der Waals surface area contributed by atoms with Gasteiger partial charge in [-0.2, -0.15) is 4.40 Å². The number of alkyl halides is 1. The highest BCUT2D eigenvalue weighted by atomic mass is 35.5. The lowest BCUT2D eigenvalue weighted by Gasteiger charge is -1.98. The van der Waals surface area contributed by atoms with Crippen LogP contribution in [-0.4, -0.2) is 20.1 Å². The summed E-state index contributed by atoms with van der Waals surface area (Å²) in [7, 11) is -4.09. The molecule has 0 aromatic rings. The summed E-state index contributed by atoms with van der Waals surface area (Å²) in [5.41, 5.74) is 5.04. The molecule has 0 aromatic heterocycles. The average Bonchev–Trinajstić information content (AvgIpc) is 1.59. The molecular formula is C3H7ClN3O2S-. The third kappa shape index (κ3) is 5.80. The molecule has 5 nitrogen and oxygen atoms in total. The van der Waals surface area contributed by atoms with E-state index < -0.39 is 10.2 Å². The van der Waals surface area contributed by atoms with Gasteiger partial charge >= 0.3 is 0 Å². The fourth-order valence-electron chi connectivity index (χ4n) is 0.297. The topological polar surface area (TPSA) is 96.3 Å². The Bertz CT molecular complexity index is 222. The van der Waals surface area contributed by atoms with Crippen LogP contribution in [0.2, 0.25) is 0 Å². The van der Waals surface area contributed by atoms with Crippen LogP contribution in [0.5, 0.6) is 0 Å². The Morgan fingerprint density at radius 2 is 2.20 bits per heavy atom. The summed E-state index contributed by atoms with van der Waals surface area (Å²) in [6, 6.07) is 0. The molecule has 0 aliphatic heterocycles.